The SMILES string of the molecule is COc1cccc(C(C(=O)O)N(C)Cc2cnc(C)s2)c1. The van der Waals surface area contributed by atoms with Gasteiger partial charge in [0, 0.05) is 17.6 Å². The first kappa shape index (κ1) is 15.5. The molecule has 1 aromatic heterocycles. The molecule has 0 amide bonds. The maximum Gasteiger partial charge on any atom is 0.325 e. The summed E-state index contributed by atoms with van der Waals surface area (Å²) in [5.41, 5.74) is 0.700. The summed E-state index contributed by atoms with van der Waals surface area (Å²) in [5.74, 6) is -0.229. The predicted octanol–water partition coefficient (Wildman–Crippen LogP) is 2.72. The molecule has 112 valence electrons. The molecule has 5 nitrogen and oxygen atoms in total. The van der Waals surface area contributed by atoms with Gasteiger partial charge in [0.1, 0.15) is 11.8 Å². The summed E-state index contributed by atoms with van der Waals surface area (Å²) in [6.45, 7) is 2.48. The summed E-state index contributed by atoms with van der Waals surface area (Å²) in [6.07, 6.45) is 1.79. The van der Waals surface area contributed by atoms with Gasteiger partial charge in [-0.3, -0.25) is 9.69 Å². The summed E-state index contributed by atoms with van der Waals surface area (Å²) in [7, 11) is 3.37. The number of likely N-dealkylation sites (N-methyl/N-ethyl adjacent to an activating group) is 1. The third kappa shape index (κ3) is 3.80. The zero-order valence-corrected chi connectivity index (χ0v) is 13.1. The Kier molecular flexibility index (Phi) is 4.93. The molecule has 2 aromatic rings. The second-order valence-electron chi connectivity index (χ2n) is 4.78. The summed E-state index contributed by atoms with van der Waals surface area (Å²) in [4.78, 5) is 18.7. The standard InChI is InChI=1S/C15H18N2O3S/c1-10-16-8-13(21-10)9-17(2)14(15(18)19)11-5-4-6-12(7-11)20-3/h4-8,14H,9H2,1-3H3,(H,18,19). The molecule has 1 N–H and O–H groups in total. The van der Waals surface area contributed by atoms with Gasteiger partial charge in [0.05, 0.1) is 12.1 Å². The third-order valence-corrected chi connectivity index (χ3v) is 4.06. The topological polar surface area (TPSA) is 62.7 Å². The summed E-state index contributed by atoms with van der Waals surface area (Å²) in [6, 6.07) is 6.44. The molecule has 1 aromatic carbocycles. The number of hydrogen-bond acceptors (Lipinski definition) is 5. The van der Waals surface area contributed by atoms with Crippen molar-refractivity contribution < 1.29 is 14.6 Å². The number of carboxylic acids is 1. The van der Waals surface area contributed by atoms with Gasteiger partial charge in [-0.2, -0.15) is 0 Å². The fraction of sp³-hybridized carbons (Fsp3) is 0.333. The monoisotopic (exact) mass is 306 g/mol. The molecule has 0 radical (unpaired) electrons. The van der Waals surface area contributed by atoms with E-state index in [-0.39, 0.29) is 0 Å². The van der Waals surface area contributed by atoms with Gasteiger partial charge < -0.3 is 9.84 Å². The summed E-state index contributed by atoms with van der Waals surface area (Å²) >= 11 is 1.58. The van der Waals surface area contributed by atoms with Crippen LogP contribution in [0.3, 0.4) is 0 Å². The average molecular weight is 306 g/mol. The number of methoxy groups -OCH3 is 1. The van der Waals surface area contributed by atoms with Crippen LogP contribution >= 0.6 is 11.3 Å². The molecular weight excluding hydrogens is 288 g/mol. The number of aromatic nitrogens is 1. The van der Waals surface area contributed by atoms with Gasteiger partial charge in [-0.05, 0) is 31.7 Å². The number of nitrogens with zero attached hydrogens (tertiary/aromatic N) is 2. The lowest BCUT2D eigenvalue weighted by molar-refractivity contribution is -0.143. The van der Waals surface area contributed by atoms with E-state index in [2.05, 4.69) is 4.98 Å². The Morgan fingerprint density at radius 3 is 2.86 bits per heavy atom. The number of benzene rings is 1. The van der Waals surface area contributed by atoms with Crippen molar-refractivity contribution in [3.63, 3.8) is 0 Å². The third-order valence-electron chi connectivity index (χ3n) is 3.16. The first-order valence-electron chi connectivity index (χ1n) is 6.49. The molecule has 1 heterocycles. The minimum atomic E-state index is -0.882. The summed E-state index contributed by atoms with van der Waals surface area (Å²) in [5, 5.41) is 10.5. The van der Waals surface area contributed by atoms with E-state index in [4.69, 9.17) is 4.74 Å². The molecule has 0 bridgehead atoms. The van der Waals surface area contributed by atoms with Gasteiger partial charge in [-0.1, -0.05) is 12.1 Å². The van der Waals surface area contributed by atoms with Crippen LogP contribution in [-0.4, -0.2) is 35.1 Å². The number of aliphatic carboxylic acids is 1. The van der Waals surface area contributed by atoms with Crippen molar-refractivity contribution in [3.8, 4) is 5.75 Å². The molecule has 0 aliphatic heterocycles. The Morgan fingerprint density at radius 2 is 2.29 bits per heavy atom. The Hall–Kier alpha value is -1.92. The molecule has 0 aliphatic rings. The maximum atomic E-state index is 11.6. The number of carbonyl (C=O) groups is 1. The smallest absolute Gasteiger partial charge is 0.325 e. The van der Waals surface area contributed by atoms with Crippen molar-refractivity contribution in [2.75, 3.05) is 14.2 Å². The number of rotatable bonds is 6. The Balaban J connectivity index is 2.23. The molecule has 2 rings (SSSR count). The van der Waals surface area contributed by atoms with E-state index in [9.17, 15) is 9.90 Å². The fourth-order valence-electron chi connectivity index (χ4n) is 2.21. The van der Waals surface area contributed by atoms with Crippen LogP contribution in [0.2, 0.25) is 0 Å². The zero-order chi connectivity index (χ0) is 15.4. The highest BCUT2D eigenvalue weighted by atomic mass is 32.1. The highest BCUT2D eigenvalue weighted by Crippen LogP contribution is 2.26. The number of hydrogen-bond donors (Lipinski definition) is 1. The fourth-order valence-corrected chi connectivity index (χ4v) is 3.07. The normalized spacial score (nSPS) is 12.4. The van der Waals surface area contributed by atoms with Crippen LogP contribution < -0.4 is 4.74 Å². The second kappa shape index (κ2) is 6.69. The van der Waals surface area contributed by atoms with Crippen LogP contribution in [0.1, 0.15) is 21.5 Å². The second-order valence-corrected chi connectivity index (χ2v) is 6.10. The lowest BCUT2D eigenvalue weighted by Gasteiger charge is -2.24. The first-order valence-corrected chi connectivity index (χ1v) is 7.31. The average Bonchev–Trinajstić information content (AvgIpc) is 2.84. The van der Waals surface area contributed by atoms with E-state index >= 15 is 0 Å². The molecule has 0 saturated carbocycles. The van der Waals surface area contributed by atoms with Crippen LogP contribution in [0.4, 0.5) is 0 Å². The molecule has 21 heavy (non-hydrogen) atoms. The van der Waals surface area contributed by atoms with E-state index in [1.165, 1.54) is 0 Å². The van der Waals surface area contributed by atoms with Gasteiger partial charge in [0.15, 0.2) is 0 Å². The molecule has 1 atom stereocenters. The number of carboxylic acid groups (broad SMARTS) is 1. The van der Waals surface area contributed by atoms with E-state index in [0.29, 0.717) is 17.9 Å². The van der Waals surface area contributed by atoms with E-state index in [1.807, 2.05) is 6.92 Å². The van der Waals surface area contributed by atoms with Crippen LogP contribution in [0.5, 0.6) is 5.75 Å². The maximum absolute atomic E-state index is 11.6. The number of thiazole rings is 1. The largest absolute Gasteiger partial charge is 0.497 e. The Bertz CT molecular complexity index is 627. The van der Waals surface area contributed by atoms with Gasteiger partial charge in [-0.25, -0.2) is 4.98 Å². The van der Waals surface area contributed by atoms with Crippen LogP contribution in [0, 0.1) is 6.92 Å². The first-order chi connectivity index (χ1) is 10.0. The van der Waals surface area contributed by atoms with Crippen LogP contribution in [-0.2, 0) is 11.3 Å². The van der Waals surface area contributed by atoms with Crippen molar-refractivity contribution >= 4 is 17.3 Å². The number of ether oxygens (including phenoxy) is 1. The van der Waals surface area contributed by atoms with E-state index in [0.717, 1.165) is 9.88 Å². The minimum absolute atomic E-state index is 0.541. The van der Waals surface area contributed by atoms with Crippen LogP contribution in [0.15, 0.2) is 30.5 Å². The predicted molar refractivity (Wildman–Crippen MR) is 81.7 cm³/mol. The van der Waals surface area contributed by atoms with E-state index in [1.54, 1.807) is 60.9 Å². The summed E-state index contributed by atoms with van der Waals surface area (Å²) < 4.78 is 5.17. The molecule has 6 heteroatoms. The highest BCUT2D eigenvalue weighted by molar-refractivity contribution is 7.11. The minimum Gasteiger partial charge on any atom is -0.497 e. The Labute approximate surface area is 127 Å². The van der Waals surface area contributed by atoms with Crippen molar-refractivity contribution in [2.24, 2.45) is 0 Å². The van der Waals surface area contributed by atoms with Gasteiger partial charge >= 0.3 is 5.97 Å². The van der Waals surface area contributed by atoms with Crippen molar-refractivity contribution in [2.45, 2.75) is 19.5 Å². The van der Waals surface area contributed by atoms with Crippen molar-refractivity contribution in [3.05, 3.63) is 45.9 Å². The highest BCUT2D eigenvalue weighted by Gasteiger charge is 2.25. The zero-order valence-electron chi connectivity index (χ0n) is 12.2. The van der Waals surface area contributed by atoms with Gasteiger partial charge in [0.25, 0.3) is 0 Å². The molecule has 0 aliphatic carbocycles. The van der Waals surface area contributed by atoms with Crippen LogP contribution in [0.25, 0.3) is 0 Å². The molecule has 1 unspecified atom stereocenters. The quantitative estimate of drug-likeness (QED) is 0.889. The lowest BCUT2D eigenvalue weighted by atomic mass is 10.1. The van der Waals surface area contributed by atoms with Crippen molar-refractivity contribution in [1.82, 2.24) is 9.88 Å². The van der Waals surface area contributed by atoms with Gasteiger partial charge in [-0.15, -0.1) is 11.3 Å². The molecule has 0 spiro atoms. The molecular formula is C15H18N2O3S. The van der Waals surface area contributed by atoms with Gasteiger partial charge in [0.2, 0.25) is 0 Å². The molecule has 0 saturated heterocycles. The van der Waals surface area contributed by atoms with Crippen molar-refractivity contribution in [1.29, 1.82) is 0 Å². The lowest BCUT2D eigenvalue weighted by Crippen LogP contribution is -2.30. The Morgan fingerprint density at radius 1 is 1.52 bits per heavy atom. The molecule has 0 fully saturated rings. The number of aryl methyl sites for hydroxylation is 1. The van der Waals surface area contributed by atoms with E-state index < -0.39 is 12.0 Å².